The molecule has 1 N–H and O–H groups in total. The highest BCUT2D eigenvalue weighted by molar-refractivity contribution is 6.05. The second kappa shape index (κ2) is 10.0. The van der Waals surface area contributed by atoms with Gasteiger partial charge in [-0.1, -0.05) is 20.3 Å². The standard InChI is InChI=1S/C25H35N3O4/c1-3-13-27(14-4-2)20-7-5-6-8-22(20)32-18-9-10-19-17(15-18)16-28(25(19)31)21-11-12-23(29)26-24(21)30/h9-10,15,20-22H,3-8,11-14,16H2,1-2H3,(H,26,29,30)/t20-,21?,22-/m0/s1. The van der Waals surface area contributed by atoms with Crippen molar-refractivity contribution in [2.24, 2.45) is 0 Å². The van der Waals surface area contributed by atoms with Gasteiger partial charge in [-0.3, -0.25) is 24.6 Å². The van der Waals surface area contributed by atoms with Gasteiger partial charge in [-0.2, -0.15) is 0 Å². The van der Waals surface area contributed by atoms with E-state index in [2.05, 4.69) is 24.1 Å². The molecule has 32 heavy (non-hydrogen) atoms. The number of nitrogens with one attached hydrogen (secondary N) is 1. The highest BCUT2D eigenvalue weighted by Gasteiger charge is 2.39. The summed E-state index contributed by atoms with van der Waals surface area (Å²) in [7, 11) is 0. The lowest BCUT2D eigenvalue weighted by atomic mass is 9.90. The number of fused-ring (bicyclic) bond motifs is 1. The van der Waals surface area contributed by atoms with Crippen LogP contribution in [0.15, 0.2) is 18.2 Å². The van der Waals surface area contributed by atoms with Crippen LogP contribution < -0.4 is 10.1 Å². The zero-order chi connectivity index (χ0) is 22.7. The summed E-state index contributed by atoms with van der Waals surface area (Å²) >= 11 is 0. The Hall–Kier alpha value is -2.41. The third-order valence-corrected chi connectivity index (χ3v) is 6.94. The molecule has 3 amide bonds. The molecule has 174 valence electrons. The second-order valence-corrected chi connectivity index (χ2v) is 9.26. The van der Waals surface area contributed by atoms with Gasteiger partial charge in [0, 0.05) is 24.6 Å². The average molecular weight is 442 g/mol. The largest absolute Gasteiger partial charge is 0.489 e. The number of hydrogen-bond acceptors (Lipinski definition) is 5. The molecule has 0 bridgehead atoms. The van der Waals surface area contributed by atoms with Crippen molar-refractivity contribution >= 4 is 17.7 Å². The van der Waals surface area contributed by atoms with E-state index in [4.69, 9.17) is 4.74 Å². The van der Waals surface area contributed by atoms with Crippen LogP contribution in [0.3, 0.4) is 0 Å². The molecule has 2 aliphatic heterocycles. The van der Waals surface area contributed by atoms with E-state index in [1.807, 2.05) is 18.2 Å². The molecule has 2 fully saturated rings. The zero-order valence-electron chi connectivity index (χ0n) is 19.3. The zero-order valence-corrected chi connectivity index (χ0v) is 19.3. The van der Waals surface area contributed by atoms with Crippen LogP contribution in [-0.2, 0) is 16.1 Å². The SMILES string of the molecule is CCCN(CCC)[C@H]1CCCC[C@@H]1Oc1ccc2c(c1)CN(C1CCC(=O)NC1=O)C2=O. The van der Waals surface area contributed by atoms with E-state index >= 15 is 0 Å². The number of amides is 3. The smallest absolute Gasteiger partial charge is 0.255 e. The van der Waals surface area contributed by atoms with Gasteiger partial charge in [-0.05, 0) is 75.4 Å². The highest BCUT2D eigenvalue weighted by Crippen LogP contribution is 2.33. The number of hydrogen-bond donors (Lipinski definition) is 1. The lowest BCUT2D eigenvalue weighted by molar-refractivity contribution is -0.136. The van der Waals surface area contributed by atoms with Crippen LogP contribution in [0.5, 0.6) is 5.75 Å². The van der Waals surface area contributed by atoms with Gasteiger partial charge in [0.05, 0.1) is 0 Å². The molecule has 1 aromatic rings. The molecule has 0 radical (unpaired) electrons. The Morgan fingerprint density at radius 3 is 2.53 bits per heavy atom. The normalized spacial score (nSPS) is 25.8. The summed E-state index contributed by atoms with van der Waals surface area (Å²) in [6.07, 6.45) is 7.71. The Morgan fingerprint density at radius 1 is 1.06 bits per heavy atom. The molecule has 1 aliphatic carbocycles. The first kappa shape index (κ1) is 22.8. The van der Waals surface area contributed by atoms with Crippen LogP contribution in [0.25, 0.3) is 0 Å². The molecule has 7 nitrogen and oxygen atoms in total. The fraction of sp³-hybridized carbons (Fsp3) is 0.640. The third kappa shape index (κ3) is 4.68. The van der Waals surface area contributed by atoms with Gasteiger partial charge >= 0.3 is 0 Å². The molecular weight excluding hydrogens is 406 g/mol. The predicted octanol–water partition coefficient (Wildman–Crippen LogP) is 3.26. The van der Waals surface area contributed by atoms with Gasteiger partial charge in [-0.15, -0.1) is 0 Å². The van der Waals surface area contributed by atoms with E-state index in [0.29, 0.717) is 24.6 Å². The summed E-state index contributed by atoms with van der Waals surface area (Å²) < 4.78 is 6.52. The van der Waals surface area contributed by atoms with Gasteiger partial charge < -0.3 is 9.64 Å². The summed E-state index contributed by atoms with van der Waals surface area (Å²) in [5.41, 5.74) is 1.52. The van der Waals surface area contributed by atoms with Crippen molar-refractivity contribution in [2.45, 2.75) is 89.9 Å². The first-order chi connectivity index (χ1) is 15.5. The molecular formula is C25H35N3O4. The number of imide groups is 1. The van der Waals surface area contributed by atoms with Crippen molar-refractivity contribution in [1.82, 2.24) is 15.1 Å². The minimum Gasteiger partial charge on any atom is -0.489 e. The Balaban J connectivity index is 1.47. The summed E-state index contributed by atoms with van der Waals surface area (Å²) in [6.45, 7) is 7.03. The van der Waals surface area contributed by atoms with Crippen molar-refractivity contribution in [3.63, 3.8) is 0 Å². The summed E-state index contributed by atoms with van der Waals surface area (Å²) in [5, 5.41) is 2.35. The van der Waals surface area contributed by atoms with E-state index in [1.165, 1.54) is 12.8 Å². The molecule has 3 atom stereocenters. The van der Waals surface area contributed by atoms with Crippen LogP contribution >= 0.6 is 0 Å². The minimum absolute atomic E-state index is 0.145. The van der Waals surface area contributed by atoms with E-state index in [0.717, 1.165) is 50.1 Å². The molecule has 0 spiro atoms. The maximum Gasteiger partial charge on any atom is 0.255 e. The number of carbonyl (C=O) groups is 3. The van der Waals surface area contributed by atoms with Gasteiger partial charge in [0.2, 0.25) is 11.8 Å². The molecule has 7 heteroatoms. The lowest BCUT2D eigenvalue weighted by Gasteiger charge is -2.39. The maximum absolute atomic E-state index is 12.9. The first-order valence-corrected chi connectivity index (χ1v) is 12.2. The van der Waals surface area contributed by atoms with E-state index in [-0.39, 0.29) is 30.2 Å². The van der Waals surface area contributed by atoms with Crippen LogP contribution in [0.1, 0.15) is 81.1 Å². The number of carbonyl (C=O) groups excluding carboxylic acids is 3. The average Bonchev–Trinajstić information content (AvgIpc) is 3.09. The minimum atomic E-state index is -0.587. The van der Waals surface area contributed by atoms with Crippen molar-refractivity contribution in [1.29, 1.82) is 0 Å². The summed E-state index contributed by atoms with van der Waals surface area (Å²) in [6, 6.07) is 5.52. The molecule has 1 aromatic carbocycles. The van der Waals surface area contributed by atoms with Gasteiger partial charge in [0.15, 0.2) is 0 Å². The van der Waals surface area contributed by atoms with Crippen molar-refractivity contribution < 1.29 is 19.1 Å². The van der Waals surface area contributed by atoms with Crippen LogP contribution in [0.2, 0.25) is 0 Å². The van der Waals surface area contributed by atoms with Gasteiger partial charge in [-0.25, -0.2) is 0 Å². The molecule has 1 unspecified atom stereocenters. The lowest BCUT2D eigenvalue weighted by Crippen LogP contribution is -2.52. The van der Waals surface area contributed by atoms with Crippen molar-refractivity contribution in [3.05, 3.63) is 29.3 Å². The molecule has 3 aliphatic rings. The Bertz CT molecular complexity index is 865. The van der Waals surface area contributed by atoms with Gasteiger partial charge in [0.1, 0.15) is 17.9 Å². The number of piperidine rings is 1. The molecule has 0 aromatic heterocycles. The van der Waals surface area contributed by atoms with E-state index < -0.39 is 6.04 Å². The Labute approximate surface area is 190 Å². The summed E-state index contributed by atoms with van der Waals surface area (Å²) in [4.78, 5) is 40.8. The van der Waals surface area contributed by atoms with Crippen molar-refractivity contribution in [3.8, 4) is 5.75 Å². The second-order valence-electron chi connectivity index (χ2n) is 9.26. The maximum atomic E-state index is 12.9. The third-order valence-electron chi connectivity index (χ3n) is 6.94. The van der Waals surface area contributed by atoms with E-state index in [9.17, 15) is 14.4 Å². The monoisotopic (exact) mass is 441 g/mol. The Kier molecular flexibility index (Phi) is 7.13. The van der Waals surface area contributed by atoms with Crippen LogP contribution in [0.4, 0.5) is 0 Å². The topological polar surface area (TPSA) is 79.0 Å². The van der Waals surface area contributed by atoms with E-state index in [1.54, 1.807) is 4.90 Å². The Morgan fingerprint density at radius 2 is 1.81 bits per heavy atom. The number of ether oxygens (including phenoxy) is 1. The number of benzene rings is 1. The summed E-state index contributed by atoms with van der Waals surface area (Å²) in [5.74, 6) is 0.00404. The number of nitrogens with zero attached hydrogens (tertiary/aromatic N) is 2. The quantitative estimate of drug-likeness (QED) is 0.627. The molecule has 1 saturated carbocycles. The molecule has 4 rings (SSSR count). The van der Waals surface area contributed by atoms with Gasteiger partial charge in [0.25, 0.3) is 5.91 Å². The first-order valence-electron chi connectivity index (χ1n) is 12.2. The molecule has 2 heterocycles. The van der Waals surface area contributed by atoms with Crippen molar-refractivity contribution in [2.75, 3.05) is 13.1 Å². The van der Waals surface area contributed by atoms with Crippen LogP contribution in [-0.4, -0.2) is 58.8 Å². The fourth-order valence-electron chi connectivity index (χ4n) is 5.45. The molecule has 1 saturated heterocycles. The number of rotatable bonds is 8. The fourth-order valence-corrected chi connectivity index (χ4v) is 5.45. The highest BCUT2D eigenvalue weighted by atomic mass is 16.5. The predicted molar refractivity (Wildman–Crippen MR) is 121 cm³/mol. The van der Waals surface area contributed by atoms with Crippen LogP contribution in [0, 0.1) is 0 Å².